The summed E-state index contributed by atoms with van der Waals surface area (Å²) in [7, 11) is 0. The van der Waals surface area contributed by atoms with E-state index in [2.05, 4.69) is 26.0 Å². The number of nitrogens with one attached hydrogen (secondary N) is 2. The molecule has 4 N–H and O–H groups in total. The van der Waals surface area contributed by atoms with E-state index in [9.17, 15) is 4.79 Å². The second-order valence-corrected chi connectivity index (χ2v) is 7.72. The monoisotopic (exact) mass is 469 g/mol. The summed E-state index contributed by atoms with van der Waals surface area (Å²) in [4.78, 5) is 12.1. The Morgan fingerprint density at radius 2 is 1.97 bits per heavy atom. The number of carbonyl (C=O) groups is 1. The Balaban J connectivity index is 1.55. The van der Waals surface area contributed by atoms with Crippen LogP contribution in [-0.2, 0) is 4.79 Å². The van der Waals surface area contributed by atoms with Crippen molar-refractivity contribution in [2.45, 2.75) is 5.16 Å². The van der Waals surface area contributed by atoms with Gasteiger partial charge in [-0.3, -0.25) is 4.79 Å². The Labute approximate surface area is 185 Å². The molecule has 0 aliphatic heterocycles. The molecule has 150 valence electrons. The Hall–Kier alpha value is -2.46. The summed E-state index contributed by atoms with van der Waals surface area (Å²) in [5, 5.41) is 16.3. The predicted molar refractivity (Wildman–Crippen MR) is 119 cm³/mol. The van der Waals surface area contributed by atoms with Crippen molar-refractivity contribution >= 4 is 70.3 Å². The van der Waals surface area contributed by atoms with Crippen molar-refractivity contribution in [2.75, 3.05) is 22.3 Å². The molecule has 0 unspecified atom stereocenters. The van der Waals surface area contributed by atoms with Crippen molar-refractivity contribution in [3.05, 3.63) is 63.1 Å². The summed E-state index contributed by atoms with van der Waals surface area (Å²) in [6, 6.07) is 12.0. The maximum Gasteiger partial charge on any atom is 0.264 e. The van der Waals surface area contributed by atoms with Crippen LogP contribution in [0.3, 0.4) is 0 Å². The summed E-state index contributed by atoms with van der Waals surface area (Å²) >= 11 is 19.1. The van der Waals surface area contributed by atoms with Crippen LogP contribution in [0.5, 0.6) is 0 Å². The first-order valence-electron chi connectivity index (χ1n) is 8.06. The molecule has 0 aliphatic rings. The topological polar surface area (TPSA) is 110 Å². The quantitative estimate of drug-likeness (QED) is 0.207. The summed E-state index contributed by atoms with van der Waals surface area (Å²) in [5.74, 6) is 5.95. The largest absolute Gasteiger partial charge is 0.334 e. The second kappa shape index (κ2) is 9.84. The van der Waals surface area contributed by atoms with E-state index in [0.29, 0.717) is 31.5 Å². The number of aromatic nitrogens is 3. The number of nitrogen functional groups attached to an aromatic ring is 1. The van der Waals surface area contributed by atoms with Crippen molar-refractivity contribution in [2.24, 2.45) is 5.10 Å². The molecular formula is C17H14Cl3N7OS. The van der Waals surface area contributed by atoms with Gasteiger partial charge in [-0.2, -0.15) is 5.10 Å². The number of hydrogen-bond donors (Lipinski definition) is 3. The summed E-state index contributed by atoms with van der Waals surface area (Å²) < 4.78 is 1.19. The minimum absolute atomic E-state index is 0.0736. The second-order valence-electron chi connectivity index (χ2n) is 5.53. The van der Waals surface area contributed by atoms with E-state index in [-0.39, 0.29) is 17.6 Å². The molecule has 0 fully saturated rings. The van der Waals surface area contributed by atoms with Crippen molar-refractivity contribution in [3.8, 4) is 0 Å². The number of amides is 1. The third kappa shape index (κ3) is 5.77. The molecule has 0 saturated carbocycles. The highest BCUT2D eigenvalue weighted by Gasteiger charge is 2.12. The number of anilines is 2. The lowest BCUT2D eigenvalue weighted by molar-refractivity contribution is -0.113. The van der Waals surface area contributed by atoms with Crippen LogP contribution >= 0.6 is 46.6 Å². The third-order valence-electron chi connectivity index (χ3n) is 3.48. The van der Waals surface area contributed by atoms with E-state index in [4.69, 9.17) is 40.6 Å². The first kappa shape index (κ1) is 21.3. The van der Waals surface area contributed by atoms with E-state index in [1.54, 1.807) is 42.5 Å². The van der Waals surface area contributed by atoms with E-state index in [1.165, 1.54) is 10.9 Å². The minimum Gasteiger partial charge on any atom is -0.334 e. The smallest absolute Gasteiger partial charge is 0.264 e. The van der Waals surface area contributed by atoms with E-state index >= 15 is 0 Å². The Morgan fingerprint density at radius 1 is 1.17 bits per heavy atom. The predicted octanol–water partition coefficient (Wildman–Crippen LogP) is 4.13. The van der Waals surface area contributed by atoms with Gasteiger partial charge in [0, 0.05) is 10.6 Å². The Bertz CT molecular complexity index is 1060. The number of halogens is 3. The number of hydrogen-bond acceptors (Lipinski definition) is 7. The minimum atomic E-state index is -0.254. The number of nitrogens with two attached hydrogens (primary N) is 1. The number of para-hydroxylation sites is 1. The SMILES string of the molecule is Nn1c(N/N=C/c2ccc(Cl)cc2Cl)nnc1SCC(=O)Nc1ccccc1Cl. The molecule has 3 aromatic rings. The molecule has 0 saturated heterocycles. The number of benzene rings is 2. The Morgan fingerprint density at radius 3 is 2.72 bits per heavy atom. The summed E-state index contributed by atoms with van der Waals surface area (Å²) in [6.07, 6.45) is 1.50. The maximum atomic E-state index is 12.1. The molecule has 3 rings (SSSR count). The highest BCUT2D eigenvalue weighted by molar-refractivity contribution is 7.99. The normalized spacial score (nSPS) is 11.0. The zero-order valence-electron chi connectivity index (χ0n) is 14.6. The summed E-state index contributed by atoms with van der Waals surface area (Å²) in [5.41, 5.74) is 3.87. The van der Waals surface area contributed by atoms with Gasteiger partial charge in [-0.25, -0.2) is 10.1 Å². The van der Waals surface area contributed by atoms with Crippen LogP contribution in [0, 0.1) is 0 Å². The average molecular weight is 471 g/mol. The molecule has 0 radical (unpaired) electrons. The molecule has 1 heterocycles. The molecule has 1 amide bonds. The van der Waals surface area contributed by atoms with Crippen molar-refractivity contribution in [1.29, 1.82) is 0 Å². The molecule has 1 aromatic heterocycles. The molecule has 8 nitrogen and oxygen atoms in total. The zero-order chi connectivity index (χ0) is 20.8. The van der Waals surface area contributed by atoms with Crippen LogP contribution in [0.1, 0.15) is 5.56 Å². The van der Waals surface area contributed by atoms with E-state index < -0.39 is 0 Å². The van der Waals surface area contributed by atoms with Gasteiger partial charge in [-0.05, 0) is 24.3 Å². The molecule has 12 heteroatoms. The Kier molecular flexibility index (Phi) is 7.21. The van der Waals surface area contributed by atoms with E-state index in [1.807, 2.05) is 0 Å². The highest BCUT2D eigenvalue weighted by atomic mass is 35.5. The average Bonchev–Trinajstić information content (AvgIpc) is 3.03. The molecule has 0 bridgehead atoms. The fourth-order valence-corrected chi connectivity index (χ4v) is 3.39. The molecule has 0 spiro atoms. The maximum absolute atomic E-state index is 12.1. The zero-order valence-corrected chi connectivity index (χ0v) is 17.7. The summed E-state index contributed by atoms with van der Waals surface area (Å²) in [6.45, 7) is 0. The molecular weight excluding hydrogens is 457 g/mol. The van der Waals surface area contributed by atoms with E-state index in [0.717, 1.165) is 11.8 Å². The van der Waals surface area contributed by atoms with Gasteiger partial charge in [-0.15, -0.1) is 10.2 Å². The first-order valence-corrected chi connectivity index (χ1v) is 10.2. The van der Waals surface area contributed by atoms with Gasteiger partial charge < -0.3 is 11.2 Å². The lowest BCUT2D eigenvalue weighted by Crippen LogP contribution is -2.17. The number of thioether (sulfide) groups is 1. The van der Waals surface area contributed by atoms with Crippen LogP contribution < -0.4 is 16.6 Å². The van der Waals surface area contributed by atoms with Gasteiger partial charge in [0.1, 0.15) is 0 Å². The van der Waals surface area contributed by atoms with Crippen LogP contribution in [0.2, 0.25) is 15.1 Å². The van der Waals surface area contributed by atoms with Gasteiger partial charge >= 0.3 is 0 Å². The molecule has 0 atom stereocenters. The molecule has 0 aliphatic carbocycles. The van der Waals surface area contributed by atoms with Gasteiger partial charge in [-0.1, -0.05) is 64.8 Å². The fourth-order valence-electron chi connectivity index (χ4n) is 2.10. The third-order valence-corrected chi connectivity index (χ3v) is 5.31. The van der Waals surface area contributed by atoms with Crippen LogP contribution in [-0.4, -0.2) is 32.7 Å². The fraction of sp³-hybridized carbons (Fsp3) is 0.0588. The van der Waals surface area contributed by atoms with Crippen molar-refractivity contribution in [1.82, 2.24) is 14.9 Å². The van der Waals surface area contributed by atoms with Gasteiger partial charge in [0.2, 0.25) is 11.1 Å². The number of hydrazone groups is 1. The molecule has 29 heavy (non-hydrogen) atoms. The van der Waals surface area contributed by atoms with Gasteiger partial charge in [0.05, 0.1) is 27.7 Å². The van der Waals surface area contributed by atoms with Crippen LogP contribution in [0.4, 0.5) is 11.6 Å². The lowest BCUT2D eigenvalue weighted by Gasteiger charge is -2.06. The number of carbonyl (C=O) groups excluding carboxylic acids is 1. The first-order chi connectivity index (χ1) is 13.9. The highest BCUT2D eigenvalue weighted by Crippen LogP contribution is 2.22. The van der Waals surface area contributed by atoms with Crippen LogP contribution in [0.15, 0.2) is 52.7 Å². The lowest BCUT2D eigenvalue weighted by atomic mass is 10.2. The number of rotatable bonds is 7. The van der Waals surface area contributed by atoms with Crippen molar-refractivity contribution in [3.63, 3.8) is 0 Å². The standard InChI is InChI=1S/C17H14Cl3N7OS/c18-11-6-5-10(13(20)7-11)8-22-24-16-25-26-17(27(16)21)29-9-15(28)23-14-4-2-1-3-12(14)19/h1-8H,9,21H2,(H,23,28)(H,24,25)/b22-8+. The van der Waals surface area contributed by atoms with Gasteiger partial charge in [0.25, 0.3) is 5.95 Å². The number of nitrogens with zero attached hydrogens (tertiary/aromatic N) is 4. The molecule has 2 aromatic carbocycles. The van der Waals surface area contributed by atoms with Crippen molar-refractivity contribution < 1.29 is 4.79 Å². The van der Waals surface area contributed by atoms with Crippen LogP contribution in [0.25, 0.3) is 0 Å². The van der Waals surface area contributed by atoms with Gasteiger partial charge in [0.15, 0.2) is 0 Å².